The van der Waals surface area contributed by atoms with Gasteiger partial charge in [0.25, 0.3) is 5.91 Å². The van der Waals surface area contributed by atoms with E-state index < -0.39 is 42.0 Å². The van der Waals surface area contributed by atoms with E-state index in [9.17, 15) is 32.7 Å². The molecule has 148 valence electrons. The van der Waals surface area contributed by atoms with Crippen molar-refractivity contribution >= 4 is 17.8 Å². The minimum absolute atomic E-state index is 0.0758. The molecule has 2 aromatic carbocycles. The maximum atomic E-state index is 12.7. The topological polar surface area (TPSA) is 92.7 Å². The van der Waals surface area contributed by atoms with Gasteiger partial charge in [0.05, 0.1) is 12.0 Å². The predicted molar refractivity (Wildman–Crippen MR) is 91.2 cm³/mol. The van der Waals surface area contributed by atoms with Crippen LogP contribution in [0.15, 0.2) is 54.6 Å². The van der Waals surface area contributed by atoms with Crippen molar-refractivity contribution < 1.29 is 37.4 Å². The van der Waals surface area contributed by atoms with Crippen molar-refractivity contribution in [3.05, 3.63) is 71.3 Å². The molecule has 1 amide bonds. The van der Waals surface area contributed by atoms with Crippen LogP contribution in [-0.4, -0.2) is 29.0 Å². The number of carboxylic acid groups (broad SMARTS) is 1. The summed E-state index contributed by atoms with van der Waals surface area (Å²) in [7, 11) is 0. The third-order valence-corrected chi connectivity index (χ3v) is 3.67. The second-order valence-electron chi connectivity index (χ2n) is 5.79. The molecule has 0 bridgehead atoms. The van der Waals surface area contributed by atoms with E-state index >= 15 is 0 Å². The summed E-state index contributed by atoms with van der Waals surface area (Å²) in [4.78, 5) is 35.3. The fraction of sp³-hybridized carbons (Fsp3) is 0.211. The van der Waals surface area contributed by atoms with Gasteiger partial charge in [-0.25, -0.2) is 4.79 Å². The Balaban J connectivity index is 1.99. The van der Waals surface area contributed by atoms with Crippen LogP contribution in [0, 0.1) is 0 Å². The Hall–Kier alpha value is -3.36. The number of carbonyl (C=O) groups excluding carboxylic acids is 2. The van der Waals surface area contributed by atoms with E-state index in [1.165, 1.54) is 0 Å². The Kier molecular flexibility index (Phi) is 6.75. The van der Waals surface area contributed by atoms with Crippen LogP contribution in [0.2, 0.25) is 0 Å². The van der Waals surface area contributed by atoms with Gasteiger partial charge in [0.15, 0.2) is 0 Å². The van der Waals surface area contributed by atoms with E-state index in [1.54, 1.807) is 30.3 Å². The zero-order valence-electron chi connectivity index (χ0n) is 14.4. The zero-order chi connectivity index (χ0) is 20.7. The first-order valence-corrected chi connectivity index (χ1v) is 8.07. The van der Waals surface area contributed by atoms with Crippen molar-refractivity contribution in [1.29, 1.82) is 0 Å². The van der Waals surface area contributed by atoms with Crippen molar-refractivity contribution in [3.8, 4) is 0 Å². The van der Waals surface area contributed by atoms with Gasteiger partial charge in [-0.05, 0) is 23.8 Å². The third-order valence-electron chi connectivity index (χ3n) is 3.67. The fourth-order valence-corrected chi connectivity index (χ4v) is 2.24. The molecule has 1 atom stereocenters. The number of halogens is 3. The second kappa shape index (κ2) is 9.03. The molecule has 2 rings (SSSR count). The quantitative estimate of drug-likeness (QED) is 0.703. The van der Waals surface area contributed by atoms with Gasteiger partial charge in [-0.3, -0.25) is 9.59 Å². The maximum absolute atomic E-state index is 12.7. The number of carboxylic acids is 1. The molecule has 0 fully saturated rings. The molecule has 6 nitrogen and oxygen atoms in total. The molecule has 0 aliphatic heterocycles. The highest BCUT2D eigenvalue weighted by atomic mass is 19.4. The highest BCUT2D eigenvalue weighted by Gasteiger charge is 2.31. The Bertz CT molecular complexity index is 852. The molecule has 0 spiro atoms. The van der Waals surface area contributed by atoms with Crippen LogP contribution in [0.1, 0.15) is 27.9 Å². The molecule has 0 aliphatic rings. The normalized spacial score (nSPS) is 12.1. The first-order valence-electron chi connectivity index (χ1n) is 8.07. The first kappa shape index (κ1) is 20.9. The average Bonchev–Trinajstić information content (AvgIpc) is 2.66. The van der Waals surface area contributed by atoms with Gasteiger partial charge in [-0.2, -0.15) is 13.2 Å². The number of rotatable bonds is 7. The van der Waals surface area contributed by atoms with E-state index in [0.717, 1.165) is 18.2 Å². The van der Waals surface area contributed by atoms with E-state index in [1.807, 2.05) is 5.32 Å². The van der Waals surface area contributed by atoms with Crippen molar-refractivity contribution in [2.24, 2.45) is 0 Å². The lowest BCUT2D eigenvalue weighted by Gasteiger charge is -2.15. The van der Waals surface area contributed by atoms with Crippen LogP contribution in [0.25, 0.3) is 0 Å². The van der Waals surface area contributed by atoms with Gasteiger partial charge in [-0.15, -0.1) is 0 Å². The maximum Gasteiger partial charge on any atom is 0.416 e. The minimum atomic E-state index is -4.65. The number of carbonyl (C=O) groups is 3. The Morgan fingerprint density at radius 2 is 1.71 bits per heavy atom. The Labute approximate surface area is 157 Å². The van der Waals surface area contributed by atoms with Crippen LogP contribution < -0.4 is 5.32 Å². The number of nitrogens with one attached hydrogen (secondary N) is 1. The number of aliphatic carboxylic acids is 1. The average molecular weight is 395 g/mol. The molecule has 2 N–H and O–H groups in total. The van der Waals surface area contributed by atoms with E-state index in [4.69, 9.17) is 4.74 Å². The summed E-state index contributed by atoms with van der Waals surface area (Å²) < 4.78 is 43.2. The van der Waals surface area contributed by atoms with Gasteiger partial charge >= 0.3 is 18.1 Å². The first-order chi connectivity index (χ1) is 13.2. The lowest BCUT2D eigenvalue weighted by molar-refractivity contribution is -0.150. The predicted octanol–water partition coefficient (Wildman–Crippen LogP) is 3.02. The molecule has 2 aromatic rings. The summed E-state index contributed by atoms with van der Waals surface area (Å²) >= 11 is 0. The molecule has 0 aromatic heterocycles. The lowest BCUT2D eigenvalue weighted by Crippen LogP contribution is -2.42. The monoisotopic (exact) mass is 395 g/mol. The second-order valence-corrected chi connectivity index (χ2v) is 5.79. The molecule has 0 saturated heterocycles. The molecule has 28 heavy (non-hydrogen) atoms. The van der Waals surface area contributed by atoms with Gasteiger partial charge in [0, 0.05) is 5.56 Å². The SMILES string of the molecule is O=C(C[C@@H](NC(=O)c1cccc(C(F)(F)F)c1)C(=O)O)OCc1ccccc1. The van der Waals surface area contributed by atoms with Crippen LogP contribution in [0.3, 0.4) is 0 Å². The molecule has 0 saturated carbocycles. The fourth-order valence-electron chi connectivity index (χ4n) is 2.24. The van der Waals surface area contributed by atoms with Crippen molar-refractivity contribution in [3.63, 3.8) is 0 Å². The number of amides is 1. The molecular weight excluding hydrogens is 379 g/mol. The van der Waals surface area contributed by atoms with E-state index in [0.29, 0.717) is 11.6 Å². The van der Waals surface area contributed by atoms with Crippen molar-refractivity contribution in [1.82, 2.24) is 5.32 Å². The molecule has 0 radical (unpaired) electrons. The molecule has 0 unspecified atom stereocenters. The molecular formula is C19H16F3NO5. The highest BCUT2D eigenvalue weighted by Crippen LogP contribution is 2.29. The minimum Gasteiger partial charge on any atom is -0.480 e. The van der Waals surface area contributed by atoms with Gasteiger partial charge in [0.2, 0.25) is 0 Å². The highest BCUT2D eigenvalue weighted by molar-refractivity contribution is 5.97. The number of hydrogen-bond donors (Lipinski definition) is 2. The number of hydrogen-bond acceptors (Lipinski definition) is 4. The van der Waals surface area contributed by atoms with Crippen molar-refractivity contribution in [2.45, 2.75) is 25.2 Å². The van der Waals surface area contributed by atoms with E-state index in [2.05, 4.69) is 0 Å². The lowest BCUT2D eigenvalue weighted by atomic mass is 10.1. The van der Waals surface area contributed by atoms with Crippen LogP contribution in [-0.2, 0) is 27.1 Å². The summed E-state index contributed by atoms with van der Waals surface area (Å²) in [6.07, 6.45) is -5.32. The van der Waals surface area contributed by atoms with Gasteiger partial charge in [-0.1, -0.05) is 36.4 Å². The summed E-state index contributed by atoms with van der Waals surface area (Å²) in [6.45, 7) is -0.0758. The summed E-state index contributed by atoms with van der Waals surface area (Å²) in [6, 6.07) is 10.5. The molecule has 0 heterocycles. The molecule has 9 heteroatoms. The third kappa shape index (κ3) is 6.11. The number of alkyl halides is 3. The van der Waals surface area contributed by atoms with E-state index in [-0.39, 0.29) is 12.2 Å². The van der Waals surface area contributed by atoms with Crippen molar-refractivity contribution in [2.75, 3.05) is 0 Å². The standard InChI is InChI=1S/C19H16F3NO5/c20-19(21,22)14-8-4-7-13(9-14)17(25)23-15(18(26)27)10-16(24)28-11-12-5-2-1-3-6-12/h1-9,15H,10-11H2,(H,23,25)(H,26,27)/t15-/m1/s1. The molecule has 0 aliphatic carbocycles. The smallest absolute Gasteiger partial charge is 0.416 e. The zero-order valence-corrected chi connectivity index (χ0v) is 14.4. The Morgan fingerprint density at radius 1 is 1.04 bits per heavy atom. The van der Waals surface area contributed by atoms with Crippen LogP contribution in [0.5, 0.6) is 0 Å². The number of ether oxygens (including phenoxy) is 1. The van der Waals surface area contributed by atoms with Gasteiger partial charge < -0.3 is 15.2 Å². The van der Waals surface area contributed by atoms with Crippen LogP contribution >= 0.6 is 0 Å². The number of benzene rings is 2. The van der Waals surface area contributed by atoms with Gasteiger partial charge in [0.1, 0.15) is 12.6 Å². The summed E-state index contributed by atoms with van der Waals surface area (Å²) in [5, 5.41) is 11.2. The van der Waals surface area contributed by atoms with Crippen LogP contribution in [0.4, 0.5) is 13.2 Å². The summed E-state index contributed by atoms with van der Waals surface area (Å²) in [5.41, 5.74) is -0.733. The summed E-state index contributed by atoms with van der Waals surface area (Å²) in [5.74, 6) is -3.44. The largest absolute Gasteiger partial charge is 0.480 e. The number of esters is 1. The Morgan fingerprint density at radius 3 is 2.32 bits per heavy atom.